The van der Waals surface area contributed by atoms with Gasteiger partial charge < -0.3 is 159 Å². The number of amides is 7. The Labute approximate surface area is 636 Å². The first-order valence-electron chi connectivity index (χ1n) is 37.5. The summed E-state index contributed by atoms with van der Waals surface area (Å²) in [6.07, 6.45) is -9.35. The summed E-state index contributed by atoms with van der Waals surface area (Å²) in [6.45, 7) is 6.28. The van der Waals surface area contributed by atoms with Gasteiger partial charge in [0.25, 0.3) is 0 Å². The number of carbonyl (C=O) groups is 8. The molecular weight excluding hydrogens is 1450 g/mol. The van der Waals surface area contributed by atoms with Crippen molar-refractivity contribution in [2.75, 3.05) is 185 Å². The summed E-state index contributed by atoms with van der Waals surface area (Å²) >= 11 is 0. The molecule has 0 bridgehead atoms. The first kappa shape index (κ1) is 98.2. The Morgan fingerprint density at radius 2 is 0.670 bits per heavy atom. The maximum absolute atomic E-state index is 14.2. The number of carbonyl (C=O) groups excluding carboxylic acids is 8. The van der Waals surface area contributed by atoms with Gasteiger partial charge in [-0.3, -0.25) is 38.4 Å². The van der Waals surface area contributed by atoms with E-state index in [1.165, 1.54) is 20.8 Å². The highest BCUT2D eigenvalue weighted by molar-refractivity contribution is 5.93. The number of nitrogens with one attached hydrogen (secondary N) is 7. The molecule has 3 heterocycles. The Bertz CT molecular complexity index is 2480. The average molecular weight is 1580 g/mol. The molecule has 0 aliphatic carbocycles. The van der Waals surface area contributed by atoms with Gasteiger partial charge in [0.1, 0.15) is 98.9 Å². The Kier molecular flexibility index (Phi) is 54.5. The molecule has 0 aromatic carbocycles. The van der Waals surface area contributed by atoms with Crippen molar-refractivity contribution in [1.29, 1.82) is 0 Å². The summed E-state index contributed by atoms with van der Waals surface area (Å²) in [5.41, 5.74) is 0. The van der Waals surface area contributed by atoms with Crippen molar-refractivity contribution in [3.63, 3.8) is 0 Å². The number of hydrogen-bond acceptors (Lipinski definition) is 33. The molecule has 3 saturated heterocycles. The van der Waals surface area contributed by atoms with Crippen LogP contribution in [0.4, 0.5) is 0 Å². The zero-order chi connectivity index (χ0) is 80.0. The van der Waals surface area contributed by atoms with Crippen LogP contribution in [0.15, 0.2) is 0 Å². The van der Waals surface area contributed by atoms with Crippen molar-refractivity contribution in [3.8, 4) is 0 Å². The highest BCUT2D eigenvalue weighted by Crippen LogP contribution is 2.25. The van der Waals surface area contributed by atoms with E-state index in [1.807, 2.05) is 6.92 Å². The zero-order valence-electron chi connectivity index (χ0n) is 63.4. The molecule has 16 N–H and O–H groups in total. The fourth-order valence-electron chi connectivity index (χ4n) is 11.3. The average Bonchev–Trinajstić information content (AvgIpc) is 0.822. The molecule has 0 spiro atoms. The number of Topliss-reactive ketones (excluding diaryl/α,β-unsaturated/α-hetero) is 1. The van der Waals surface area contributed by atoms with E-state index >= 15 is 0 Å². The van der Waals surface area contributed by atoms with Gasteiger partial charge in [0.15, 0.2) is 24.7 Å². The molecule has 0 saturated carbocycles. The minimum atomic E-state index is -1.47. The maximum Gasteiger partial charge on any atom is 0.246 e. The van der Waals surface area contributed by atoms with Crippen molar-refractivity contribution in [2.24, 2.45) is 0 Å². The van der Waals surface area contributed by atoms with Crippen LogP contribution in [0.3, 0.4) is 0 Å². The predicted octanol–water partition coefficient (Wildman–Crippen LogP) is -6.49. The topological polar surface area (TPSA) is 551 Å². The van der Waals surface area contributed by atoms with Crippen LogP contribution in [0.1, 0.15) is 105 Å². The number of aliphatic hydroxyl groups is 9. The summed E-state index contributed by atoms with van der Waals surface area (Å²) in [5.74, 6) is -3.68. The summed E-state index contributed by atoms with van der Waals surface area (Å²) in [7, 11) is 0. The van der Waals surface area contributed by atoms with E-state index in [4.69, 9.17) is 75.8 Å². The number of hydrogen-bond donors (Lipinski definition) is 16. The van der Waals surface area contributed by atoms with Gasteiger partial charge in [-0.2, -0.15) is 0 Å². The zero-order valence-corrected chi connectivity index (χ0v) is 63.4. The molecule has 0 aromatic heterocycles. The van der Waals surface area contributed by atoms with E-state index in [0.29, 0.717) is 45.3 Å². The van der Waals surface area contributed by atoms with Crippen LogP contribution in [-0.4, -0.2) is 382 Å². The summed E-state index contributed by atoms with van der Waals surface area (Å²) in [4.78, 5) is 102. The van der Waals surface area contributed by atoms with E-state index < -0.39 is 166 Å². The molecule has 17 atom stereocenters. The van der Waals surface area contributed by atoms with Crippen molar-refractivity contribution < 1.29 is 160 Å². The SMILES string of the molecule is CCOCCCCCCCC(=O)C(CCCCNC(=O)COCCOCCOCCO[C@@H]1OC(CO)[C@H](O)[C@H](O)C1NC(C)=O)NC(=O)C(CCCCNC(=O)COCCOCCOCCO[C@@H]1OC(CO)[C@H](O)[C@H](O)C1NC(C)=O)NC(=O)COCCOCCOCCO[C@@H]1OC(CO)[C@H](O)[C@H](O)C1NC(C)=O. The highest BCUT2D eigenvalue weighted by atomic mass is 16.7. The van der Waals surface area contributed by atoms with E-state index in [-0.39, 0.29) is 176 Å². The molecule has 40 heteroatoms. The molecule has 3 aliphatic heterocycles. The second kappa shape index (κ2) is 60.5. The van der Waals surface area contributed by atoms with E-state index in [2.05, 4.69) is 37.2 Å². The third-order valence-electron chi connectivity index (χ3n) is 17.0. The first-order valence-corrected chi connectivity index (χ1v) is 37.5. The van der Waals surface area contributed by atoms with Crippen LogP contribution < -0.4 is 37.2 Å². The molecule has 8 unspecified atom stereocenters. The highest BCUT2D eigenvalue weighted by Gasteiger charge is 2.48. The van der Waals surface area contributed by atoms with Crippen LogP contribution >= 0.6 is 0 Å². The van der Waals surface area contributed by atoms with Crippen LogP contribution in [0.2, 0.25) is 0 Å². The van der Waals surface area contributed by atoms with Crippen LogP contribution in [-0.2, 0) is 114 Å². The van der Waals surface area contributed by atoms with E-state index in [1.54, 1.807) is 0 Å². The summed E-state index contributed by atoms with van der Waals surface area (Å²) < 4.78 is 88.5. The molecule has 0 aromatic rings. The van der Waals surface area contributed by atoms with Crippen molar-refractivity contribution in [3.05, 3.63) is 0 Å². The van der Waals surface area contributed by atoms with Gasteiger partial charge in [-0.15, -0.1) is 0 Å². The lowest BCUT2D eigenvalue weighted by molar-refractivity contribution is -0.272. The standard InChI is InChI=1S/C69H125N7O33/c1-5-94-20-14-8-6-7-9-17-50(83)48(15-10-12-18-70-54(84)42-101-30-27-95-21-24-98-33-36-104-67-57(72-45(2)80)63(90)60(87)51(39-77)107-67)76-66(93)49(75-56(86)44-103-32-29-97-23-26-100-35-38-106-69-59(74-47(4)82)65(92)62(89)53(41-79)109-69)16-11-13-19-71-55(85)43-102-31-28-96-22-25-99-34-37-105-68-58(73-46(3)81)64(91)61(88)52(40-78)108-68/h48-49,51-53,57-65,67-69,77-79,87-92H,5-44H2,1-4H3,(H,70,84)(H,71,85)(H,72,80)(H,73,81)(H,74,82)(H,75,86)(H,76,93)/t48?,49?,51?,52?,53?,57?,58?,59?,60-,61-,62-,63+,64+,65+,67+,68+,69+/m0/s1. The number of ether oxygens (including phenoxy) is 16. The first-order chi connectivity index (χ1) is 52.6. The van der Waals surface area contributed by atoms with Gasteiger partial charge in [-0.25, -0.2) is 0 Å². The van der Waals surface area contributed by atoms with Crippen LogP contribution in [0.25, 0.3) is 0 Å². The molecular formula is C69H125N7O33. The van der Waals surface area contributed by atoms with Crippen molar-refractivity contribution in [2.45, 2.75) is 209 Å². The van der Waals surface area contributed by atoms with Gasteiger partial charge in [0, 0.05) is 53.5 Å². The lowest BCUT2D eigenvalue weighted by atomic mass is 9.97. The molecule has 7 amide bonds. The molecule has 0 radical (unpaired) electrons. The second-order valence-corrected chi connectivity index (χ2v) is 25.8. The lowest BCUT2D eigenvalue weighted by Crippen LogP contribution is -2.64. The molecule has 109 heavy (non-hydrogen) atoms. The minimum absolute atomic E-state index is 0.00722. The fraction of sp³-hybridized carbons (Fsp3) is 0.884. The Hall–Kier alpha value is -5.04. The van der Waals surface area contributed by atoms with Gasteiger partial charge in [0.2, 0.25) is 41.4 Å². The molecule has 3 rings (SSSR count). The van der Waals surface area contributed by atoms with Gasteiger partial charge in [-0.1, -0.05) is 19.3 Å². The number of rotatable bonds is 65. The van der Waals surface area contributed by atoms with Gasteiger partial charge in [0.05, 0.1) is 145 Å². The van der Waals surface area contributed by atoms with E-state index in [9.17, 15) is 84.3 Å². The van der Waals surface area contributed by atoms with Gasteiger partial charge >= 0.3 is 0 Å². The molecule has 634 valence electrons. The number of unbranched alkanes of at least 4 members (excludes halogenated alkanes) is 6. The quantitative estimate of drug-likeness (QED) is 0.0252. The Morgan fingerprint density at radius 1 is 0.349 bits per heavy atom. The van der Waals surface area contributed by atoms with E-state index in [0.717, 1.165) is 25.7 Å². The van der Waals surface area contributed by atoms with Crippen molar-refractivity contribution >= 4 is 47.1 Å². The smallest absolute Gasteiger partial charge is 0.246 e. The van der Waals surface area contributed by atoms with Crippen molar-refractivity contribution in [1.82, 2.24) is 37.2 Å². The monoisotopic (exact) mass is 1580 g/mol. The summed E-state index contributed by atoms with van der Waals surface area (Å²) in [5, 5.41) is 109. The third-order valence-corrected chi connectivity index (χ3v) is 17.0. The van der Waals surface area contributed by atoms with Crippen LogP contribution in [0.5, 0.6) is 0 Å². The minimum Gasteiger partial charge on any atom is -0.394 e. The fourth-order valence-corrected chi connectivity index (χ4v) is 11.3. The predicted molar refractivity (Wildman–Crippen MR) is 378 cm³/mol. The second-order valence-electron chi connectivity index (χ2n) is 25.8. The molecule has 3 aliphatic rings. The normalized spacial score (nSPS) is 24.7. The largest absolute Gasteiger partial charge is 0.394 e. The lowest BCUT2D eigenvalue weighted by Gasteiger charge is -2.42. The van der Waals surface area contributed by atoms with Gasteiger partial charge in [-0.05, 0) is 58.3 Å². The third kappa shape index (κ3) is 42.6. The number of aliphatic hydroxyl groups excluding tert-OH is 9. The summed E-state index contributed by atoms with van der Waals surface area (Å²) in [6, 6.07) is -5.32. The maximum atomic E-state index is 14.2. The molecule has 40 nitrogen and oxygen atoms in total. The Balaban J connectivity index is 1.46. The van der Waals surface area contributed by atoms with Crippen LogP contribution in [0, 0.1) is 0 Å². The number of ketones is 1. The molecule has 3 fully saturated rings. The Morgan fingerprint density at radius 3 is 1.02 bits per heavy atom.